The molecule has 0 spiro atoms. The molecule has 2 heterocycles. The molecule has 0 saturated carbocycles. The van der Waals surface area contributed by atoms with Crippen LogP contribution in [0.3, 0.4) is 0 Å². The zero-order valence-corrected chi connectivity index (χ0v) is 13.8. The van der Waals surface area contributed by atoms with Crippen molar-refractivity contribution in [1.82, 2.24) is 9.88 Å². The first kappa shape index (κ1) is 17.7. The normalized spacial score (nSPS) is 17.5. The van der Waals surface area contributed by atoms with Gasteiger partial charge in [-0.15, -0.1) is 0 Å². The Hall–Kier alpha value is -2.12. The lowest BCUT2D eigenvalue weighted by Crippen LogP contribution is -2.49. The highest BCUT2D eigenvalue weighted by Gasteiger charge is 2.31. The van der Waals surface area contributed by atoms with Crippen molar-refractivity contribution in [2.75, 3.05) is 37.6 Å². The quantitative estimate of drug-likeness (QED) is 0.921. The lowest BCUT2D eigenvalue weighted by atomic mass is 10.0. The Balaban J connectivity index is 1.66. The number of anilines is 1. The molecule has 7 heteroatoms. The van der Waals surface area contributed by atoms with Crippen LogP contribution in [0, 0.1) is 0 Å². The number of rotatable bonds is 4. The molecule has 0 bridgehead atoms. The SMILES string of the molecule is NCC(c1ccc(C(F)(F)F)cc1)N1CCN(c2ccccn2)CC1. The number of hydrogen-bond donors (Lipinski definition) is 1. The van der Waals surface area contributed by atoms with Crippen molar-refractivity contribution in [2.24, 2.45) is 5.73 Å². The molecule has 134 valence electrons. The maximum atomic E-state index is 12.7. The number of nitrogens with two attached hydrogens (primary N) is 1. The average molecular weight is 350 g/mol. The molecule has 1 fully saturated rings. The van der Waals surface area contributed by atoms with Gasteiger partial charge in [0.2, 0.25) is 0 Å². The third-order valence-electron chi connectivity index (χ3n) is 4.57. The summed E-state index contributed by atoms with van der Waals surface area (Å²) in [4.78, 5) is 8.79. The van der Waals surface area contributed by atoms with Crippen LogP contribution in [0.5, 0.6) is 0 Å². The Bertz CT molecular complexity index is 665. The molecule has 1 aromatic heterocycles. The molecule has 0 radical (unpaired) electrons. The maximum absolute atomic E-state index is 12.7. The minimum atomic E-state index is -4.31. The molecule has 2 aromatic rings. The second-order valence-electron chi connectivity index (χ2n) is 6.08. The van der Waals surface area contributed by atoms with Crippen molar-refractivity contribution in [3.8, 4) is 0 Å². The maximum Gasteiger partial charge on any atom is 0.416 e. The van der Waals surface area contributed by atoms with Gasteiger partial charge >= 0.3 is 6.18 Å². The average Bonchev–Trinajstić information content (AvgIpc) is 2.63. The van der Waals surface area contributed by atoms with Gasteiger partial charge in [-0.05, 0) is 29.8 Å². The second kappa shape index (κ2) is 7.41. The van der Waals surface area contributed by atoms with E-state index >= 15 is 0 Å². The van der Waals surface area contributed by atoms with E-state index in [9.17, 15) is 13.2 Å². The summed E-state index contributed by atoms with van der Waals surface area (Å²) in [6.07, 6.45) is -2.54. The van der Waals surface area contributed by atoms with E-state index in [-0.39, 0.29) is 6.04 Å². The van der Waals surface area contributed by atoms with Crippen molar-refractivity contribution in [3.63, 3.8) is 0 Å². The van der Waals surface area contributed by atoms with Crippen LogP contribution in [0.1, 0.15) is 17.2 Å². The van der Waals surface area contributed by atoms with Crippen molar-refractivity contribution < 1.29 is 13.2 Å². The van der Waals surface area contributed by atoms with Gasteiger partial charge in [-0.1, -0.05) is 18.2 Å². The van der Waals surface area contributed by atoms with Crippen LogP contribution < -0.4 is 10.6 Å². The molecule has 3 rings (SSSR count). The van der Waals surface area contributed by atoms with Crippen molar-refractivity contribution in [2.45, 2.75) is 12.2 Å². The fraction of sp³-hybridized carbons (Fsp3) is 0.389. The number of aromatic nitrogens is 1. The van der Waals surface area contributed by atoms with E-state index in [0.717, 1.165) is 49.7 Å². The van der Waals surface area contributed by atoms with Gasteiger partial charge in [0.05, 0.1) is 5.56 Å². The summed E-state index contributed by atoms with van der Waals surface area (Å²) < 4.78 is 38.1. The van der Waals surface area contributed by atoms with Crippen molar-refractivity contribution in [3.05, 3.63) is 59.8 Å². The van der Waals surface area contributed by atoms with Gasteiger partial charge in [-0.25, -0.2) is 4.98 Å². The van der Waals surface area contributed by atoms with Gasteiger partial charge in [-0.2, -0.15) is 13.2 Å². The molecule has 25 heavy (non-hydrogen) atoms. The Morgan fingerprint density at radius 3 is 2.20 bits per heavy atom. The zero-order valence-electron chi connectivity index (χ0n) is 13.8. The highest BCUT2D eigenvalue weighted by Crippen LogP contribution is 2.31. The van der Waals surface area contributed by atoms with Crippen LogP contribution in [0.25, 0.3) is 0 Å². The number of nitrogens with zero attached hydrogens (tertiary/aromatic N) is 3. The van der Waals surface area contributed by atoms with E-state index in [1.54, 1.807) is 6.20 Å². The first-order valence-corrected chi connectivity index (χ1v) is 8.26. The fourth-order valence-corrected chi connectivity index (χ4v) is 3.19. The molecule has 0 amide bonds. The summed E-state index contributed by atoms with van der Waals surface area (Å²) in [5, 5.41) is 0. The molecule has 1 unspecified atom stereocenters. The summed E-state index contributed by atoms with van der Waals surface area (Å²) in [6.45, 7) is 3.58. The van der Waals surface area contributed by atoms with E-state index < -0.39 is 11.7 Å². The van der Waals surface area contributed by atoms with Gasteiger partial charge in [0.15, 0.2) is 0 Å². The summed E-state index contributed by atoms with van der Waals surface area (Å²) in [6, 6.07) is 11.1. The Kier molecular flexibility index (Phi) is 5.24. The van der Waals surface area contributed by atoms with Gasteiger partial charge in [-0.3, -0.25) is 4.90 Å². The van der Waals surface area contributed by atoms with Crippen LogP contribution in [0.4, 0.5) is 19.0 Å². The predicted molar refractivity (Wildman–Crippen MR) is 91.3 cm³/mol. The van der Waals surface area contributed by atoms with E-state index in [1.807, 2.05) is 18.2 Å². The van der Waals surface area contributed by atoms with E-state index in [1.165, 1.54) is 12.1 Å². The van der Waals surface area contributed by atoms with E-state index in [0.29, 0.717) is 6.54 Å². The van der Waals surface area contributed by atoms with Gasteiger partial charge < -0.3 is 10.6 Å². The molecule has 1 aliphatic heterocycles. The van der Waals surface area contributed by atoms with Crippen molar-refractivity contribution >= 4 is 5.82 Å². The third kappa shape index (κ3) is 4.11. The molecule has 1 saturated heterocycles. The van der Waals surface area contributed by atoms with E-state index in [4.69, 9.17) is 5.73 Å². The topological polar surface area (TPSA) is 45.4 Å². The largest absolute Gasteiger partial charge is 0.416 e. The van der Waals surface area contributed by atoms with Crippen molar-refractivity contribution in [1.29, 1.82) is 0 Å². The molecule has 1 atom stereocenters. The fourth-order valence-electron chi connectivity index (χ4n) is 3.19. The highest BCUT2D eigenvalue weighted by atomic mass is 19.4. The van der Waals surface area contributed by atoms with Gasteiger partial charge in [0.25, 0.3) is 0 Å². The first-order chi connectivity index (χ1) is 12.0. The molecule has 2 N–H and O–H groups in total. The molecule has 0 aliphatic carbocycles. The lowest BCUT2D eigenvalue weighted by Gasteiger charge is -2.39. The van der Waals surface area contributed by atoms with Crippen LogP contribution in [0.15, 0.2) is 48.7 Å². The second-order valence-corrected chi connectivity index (χ2v) is 6.08. The lowest BCUT2D eigenvalue weighted by molar-refractivity contribution is -0.137. The third-order valence-corrected chi connectivity index (χ3v) is 4.57. The van der Waals surface area contributed by atoms with E-state index in [2.05, 4.69) is 14.8 Å². The summed E-state index contributed by atoms with van der Waals surface area (Å²) in [5.74, 6) is 0.945. The summed E-state index contributed by atoms with van der Waals surface area (Å²) in [7, 11) is 0. The van der Waals surface area contributed by atoms with Crippen LogP contribution in [0.2, 0.25) is 0 Å². The number of piperazine rings is 1. The number of hydrogen-bond acceptors (Lipinski definition) is 4. The monoisotopic (exact) mass is 350 g/mol. The summed E-state index contributed by atoms with van der Waals surface area (Å²) in [5.41, 5.74) is 6.10. The number of pyridine rings is 1. The Morgan fingerprint density at radius 2 is 1.68 bits per heavy atom. The predicted octanol–water partition coefficient (Wildman–Crippen LogP) is 2.92. The molecule has 1 aromatic carbocycles. The zero-order chi connectivity index (χ0) is 17.9. The molecular weight excluding hydrogens is 329 g/mol. The summed E-state index contributed by atoms with van der Waals surface area (Å²) >= 11 is 0. The number of halogens is 3. The Labute approximate surface area is 145 Å². The smallest absolute Gasteiger partial charge is 0.354 e. The molecule has 4 nitrogen and oxygen atoms in total. The van der Waals surface area contributed by atoms with Crippen LogP contribution in [-0.2, 0) is 6.18 Å². The van der Waals surface area contributed by atoms with Gasteiger partial charge in [0, 0.05) is 45.0 Å². The first-order valence-electron chi connectivity index (χ1n) is 8.26. The minimum absolute atomic E-state index is 0.0758. The highest BCUT2D eigenvalue weighted by molar-refractivity contribution is 5.38. The minimum Gasteiger partial charge on any atom is -0.354 e. The van der Waals surface area contributed by atoms with Gasteiger partial charge in [0.1, 0.15) is 5.82 Å². The Morgan fingerprint density at radius 1 is 1.00 bits per heavy atom. The van der Waals surface area contributed by atoms with Crippen LogP contribution in [-0.4, -0.2) is 42.6 Å². The standard InChI is InChI=1S/C18H21F3N4/c19-18(20,21)15-6-4-14(5-7-15)16(13-22)24-9-11-25(12-10-24)17-3-1-2-8-23-17/h1-8,16H,9-13,22H2. The van der Waals surface area contributed by atoms with Crippen LogP contribution >= 0.6 is 0 Å². The number of benzene rings is 1. The molecular formula is C18H21F3N4. The number of alkyl halides is 3. The molecule has 1 aliphatic rings.